The summed E-state index contributed by atoms with van der Waals surface area (Å²) in [5.74, 6) is -0.314. The first-order chi connectivity index (χ1) is 10.7. The van der Waals surface area contributed by atoms with Gasteiger partial charge in [0.1, 0.15) is 6.04 Å². The molecule has 2 aromatic rings. The summed E-state index contributed by atoms with van der Waals surface area (Å²) < 4.78 is 0. The molecule has 1 aliphatic heterocycles. The zero-order valence-electron chi connectivity index (χ0n) is 12.3. The molecule has 2 amide bonds. The molecule has 3 rings (SSSR count). The van der Waals surface area contributed by atoms with Gasteiger partial charge in [-0.05, 0) is 35.7 Å². The molecule has 5 heteroatoms. The summed E-state index contributed by atoms with van der Waals surface area (Å²) in [5.41, 5.74) is 6.15. The van der Waals surface area contributed by atoms with Crippen molar-refractivity contribution in [3.8, 4) is 0 Å². The van der Waals surface area contributed by atoms with Crippen molar-refractivity contribution in [3.05, 3.63) is 42.5 Å². The molecule has 0 unspecified atom stereocenters. The number of carbonyl (C=O) groups excluding carboxylic acids is 2. The molecule has 0 radical (unpaired) electrons. The first-order valence-corrected chi connectivity index (χ1v) is 7.48. The van der Waals surface area contributed by atoms with E-state index in [1.807, 2.05) is 42.5 Å². The molecule has 1 atom stereocenters. The molecule has 1 fully saturated rings. The molecule has 0 saturated carbocycles. The van der Waals surface area contributed by atoms with Gasteiger partial charge in [-0.3, -0.25) is 9.59 Å². The van der Waals surface area contributed by atoms with Crippen molar-refractivity contribution in [3.63, 3.8) is 0 Å². The van der Waals surface area contributed by atoms with Gasteiger partial charge in [0.15, 0.2) is 0 Å². The van der Waals surface area contributed by atoms with Crippen molar-refractivity contribution in [2.45, 2.75) is 18.9 Å². The molecular weight excluding hydrogens is 278 g/mol. The summed E-state index contributed by atoms with van der Waals surface area (Å²) >= 11 is 0. The van der Waals surface area contributed by atoms with Crippen LogP contribution in [0.3, 0.4) is 0 Å². The van der Waals surface area contributed by atoms with E-state index in [1.165, 1.54) is 0 Å². The van der Waals surface area contributed by atoms with E-state index in [0.717, 1.165) is 22.9 Å². The molecule has 1 heterocycles. The molecule has 1 aliphatic rings. The van der Waals surface area contributed by atoms with Crippen molar-refractivity contribution in [1.82, 2.24) is 4.90 Å². The van der Waals surface area contributed by atoms with Gasteiger partial charge in [-0.25, -0.2) is 0 Å². The minimum atomic E-state index is -0.414. The number of benzene rings is 2. The summed E-state index contributed by atoms with van der Waals surface area (Å²) in [4.78, 5) is 25.8. The lowest BCUT2D eigenvalue weighted by molar-refractivity contribution is -0.135. The number of carbonyl (C=O) groups is 2. The quantitative estimate of drug-likeness (QED) is 0.906. The lowest BCUT2D eigenvalue weighted by Crippen LogP contribution is -2.45. The Bertz CT molecular complexity index is 714. The third-order valence-electron chi connectivity index (χ3n) is 4.07. The number of likely N-dealkylation sites (tertiary alicyclic amines) is 1. The maximum atomic E-state index is 12.4. The zero-order valence-corrected chi connectivity index (χ0v) is 12.3. The molecule has 0 spiro atoms. The fraction of sp³-hybridized carbons (Fsp3) is 0.294. The molecular formula is C17H19N3O2. The molecule has 3 N–H and O–H groups in total. The van der Waals surface area contributed by atoms with Crippen LogP contribution < -0.4 is 11.1 Å². The molecule has 5 nitrogen and oxygen atoms in total. The van der Waals surface area contributed by atoms with Crippen LogP contribution in [-0.2, 0) is 9.59 Å². The fourth-order valence-electron chi connectivity index (χ4n) is 2.95. The number of nitrogens with zero attached hydrogens (tertiary/aromatic N) is 1. The summed E-state index contributed by atoms with van der Waals surface area (Å²) in [7, 11) is 0. The molecule has 22 heavy (non-hydrogen) atoms. The van der Waals surface area contributed by atoms with Crippen LogP contribution in [0.25, 0.3) is 10.8 Å². The highest BCUT2D eigenvalue weighted by molar-refractivity contribution is 5.99. The summed E-state index contributed by atoms with van der Waals surface area (Å²) in [6.45, 7) is 0.547. The highest BCUT2D eigenvalue weighted by Crippen LogP contribution is 2.22. The van der Waals surface area contributed by atoms with E-state index in [4.69, 9.17) is 5.73 Å². The van der Waals surface area contributed by atoms with Gasteiger partial charge in [0, 0.05) is 12.2 Å². The second kappa shape index (κ2) is 6.15. The molecule has 0 aliphatic carbocycles. The van der Waals surface area contributed by atoms with E-state index >= 15 is 0 Å². The third-order valence-corrected chi connectivity index (χ3v) is 4.07. The van der Waals surface area contributed by atoms with Crippen LogP contribution >= 0.6 is 0 Å². The Morgan fingerprint density at radius 1 is 1.18 bits per heavy atom. The van der Waals surface area contributed by atoms with Gasteiger partial charge in [0.05, 0.1) is 6.54 Å². The van der Waals surface area contributed by atoms with Crippen LogP contribution in [0.5, 0.6) is 0 Å². The average molecular weight is 297 g/mol. The van der Waals surface area contributed by atoms with Gasteiger partial charge in [-0.2, -0.15) is 0 Å². The second-order valence-electron chi connectivity index (χ2n) is 5.50. The summed E-state index contributed by atoms with van der Waals surface area (Å²) in [5, 5.41) is 5.11. The monoisotopic (exact) mass is 297 g/mol. The van der Waals surface area contributed by atoms with E-state index in [9.17, 15) is 9.59 Å². The predicted octanol–water partition coefficient (Wildman–Crippen LogP) is 1.73. The van der Waals surface area contributed by atoms with Crippen LogP contribution in [0.4, 0.5) is 5.69 Å². The van der Waals surface area contributed by atoms with Crippen molar-refractivity contribution < 1.29 is 9.59 Å². The lowest BCUT2D eigenvalue weighted by Gasteiger charge is -2.23. The maximum absolute atomic E-state index is 12.4. The largest absolute Gasteiger partial charge is 0.330 e. The number of hydrogen-bond donors (Lipinski definition) is 2. The molecule has 2 aromatic carbocycles. The minimum absolute atomic E-state index is 0.0558. The van der Waals surface area contributed by atoms with E-state index in [-0.39, 0.29) is 18.4 Å². The summed E-state index contributed by atoms with van der Waals surface area (Å²) in [6.07, 6.45) is 1.52. The molecule has 1 saturated heterocycles. The van der Waals surface area contributed by atoms with Crippen LogP contribution in [0, 0.1) is 0 Å². The van der Waals surface area contributed by atoms with Crippen molar-refractivity contribution >= 4 is 28.3 Å². The van der Waals surface area contributed by atoms with Crippen LogP contribution in [0.15, 0.2) is 42.5 Å². The van der Waals surface area contributed by atoms with Crippen molar-refractivity contribution in [2.75, 3.05) is 18.4 Å². The average Bonchev–Trinajstić information content (AvgIpc) is 3.03. The smallest absolute Gasteiger partial charge is 0.247 e. The van der Waals surface area contributed by atoms with E-state index in [2.05, 4.69) is 5.32 Å². The lowest BCUT2D eigenvalue weighted by atomic mass is 10.1. The Morgan fingerprint density at radius 3 is 2.73 bits per heavy atom. The first-order valence-electron chi connectivity index (χ1n) is 7.48. The van der Waals surface area contributed by atoms with Crippen LogP contribution in [0.2, 0.25) is 0 Å². The molecule has 114 valence electrons. The first kappa shape index (κ1) is 14.5. The number of nitrogens with two attached hydrogens (primary N) is 1. The second-order valence-corrected chi connectivity index (χ2v) is 5.50. The highest BCUT2D eigenvalue weighted by Gasteiger charge is 2.33. The fourth-order valence-corrected chi connectivity index (χ4v) is 2.95. The number of rotatable bonds is 3. The van der Waals surface area contributed by atoms with Gasteiger partial charge in [-0.1, -0.05) is 30.3 Å². The van der Waals surface area contributed by atoms with Crippen LogP contribution in [-0.4, -0.2) is 35.8 Å². The molecule has 0 bridgehead atoms. The van der Waals surface area contributed by atoms with E-state index in [1.54, 1.807) is 4.90 Å². The van der Waals surface area contributed by atoms with Gasteiger partial charge in [0.25, 0.3) is 0 Å². The van der Waals surface area contributed by atoms with Crippen molar-refractivity contribution in [1.29, 1.82) is 0 Å². The van der Waals surface area contributed by atoms with E-state index < -0.39 is 6.04 Å². The summed E-state index contributed by atoms with van der Waals surface area (Å²) in [6, 6.07) is 13.4. The number of hydrogen-bond acceptors (Lipinski definition) is 3. The topological polar surface area (TPSA) is 75.4 Å². The van der Waals surface area contributed by atoms with Gasteiger partial charge < -0.3 is 16.0 Å². The minimum Gasteiger partial charge on any atom is -0.330 e. The molecule has 0 aromatic heterocycles. The van der Waals surface area contributed by atoms with Crippen LogP contribution in [0.1, 0.15) is 12.8 Å². The normalized spacial score (nSPS) is 17.7. The Morgan fingerprint density at radius 2 is 1.95 bits per heavy atom. The third kappa shape index (κ3) is 2.80. The Balaban J connectivity index is 1.76. The van der Waals surface area contributed by atoms with Crippen molar-refractivity contribution in [2.24, 2.45) is 5.73 Å². The van der Waals surface area contributed by atoms with Gasteiger partial charge >= 0.3 is 0 Å². The van der Waals surface area contributed by atoms with Gasteiger partial charge in [-0.15, -0.1) is 0 Å². The SMILES string of the molecule is NCC(=O)N1CCC[C@H]1C(=O)Nc1ccc2ccccc2c1. The Kier molecular flexibility index (Phi) is 4.06. The number of anilines is 1. The van der Waals surface area contributed by atoms with Gasteiger partial charge in [0.2, 0.25) is 11.8 Å². The Hall–Kier alpha value is -2.40. The zero-order chi connectivity index (χ0) is 15.5. The number of fused-ring (bicyclic) bond motifs is 1. The number of amides is 2. The van der Waals surface area contributed by atoms with E-state index in [0.29, 0.717) is 13.0 Å². The highest BCUT2D eigenvalue weighted by atomic mass is 16.2. The Labute approximate surface area is 129 Å². The maximum Gasteiger partial charge on any atom is 0.247 e. The number of nitrogens with one attached hydrogen (secondary N) is 1. The predicted molar refractivity (Wildman–Crippen MR) is 86.4 cm³/mol. The standard InChI is InChI=1S/C17H19N3O2/c18-11-16(21)20-9-3-6-15(20)17(22)19-14-8-7-12-4-1-2-5-13(12)10-14/h1-2,4-5,7-8,10,15H,3,6,9,11,18H2,(H,19,22)/t15-/m0/s1.